The van der Waals surface area contributed by atoms with Gasteiger partial charge in [-0.3, -0.25) is 9.89 Å². The number of benzene rings is 1. The highest BCUT2D eigenvalue weighted by Gasteiger charge is 2.31. The summed E-state index contributed by atoms with van der Waals surface area (Å²) in [5.74, 6) is 0.547. The van der Waals surface area contributed by atoms with Crippen LogP contribution in [0.5, 0.6) is 5.75 Å². The van der Waals surface area contributed by atoms with Gasteiger partial charge in [0.05, 0.1) is 30.4 Å². The van der Waals surface area contributed by atoms with E-state index in [1.54, 1.807) is 41.9 Å². The molecule has 8 nitrogen and oxygen atoms in total. The number of methoxy groups -OCH3 is 1. The fraction of sp³-hybridized carbons (Fsp3) is 0.474. The van der Waals surface area contributed by atoms with Crippen molar-refractivity contribution in [2.24, 2.45) is 0 Å². The zero-order chi connectivity index (χ0) is 20.1. The molecule has 9 heteroatoms. The number of ether oxygens (including phenoxy) is 1. The SMILES string of the molecule is CCCS(=O)(=O)N1CCCC(c2[nH]ncc2NC(=O)c2ccc(OC)cc2)C1. The molecular formula is C19H26N4O4S. The van der Waals surface area contributed by atoms with Crippen LogP contribution in [-0.2, 0) is 10.0 Å². The van der Waals surface area contributed by atoms with Gasteiger partial charge in [0.2, 0.25) is 10.0 Å². The quantitative estimate of drug-likeness (QED) is 0.735. The van der Waals surface area contributed by atoms with Crippen LogP contribution in [0.15, 0.2) is 30.5 Å². The Hall–Kier alpha value is -2.39. The van der Waals surface area contributed by atoms with E-state index in [1.165, 1.54) is 0 Å². The highest BCUT2D eigenvalue weighted by molar-refractivity contribution is 7.89. The van der Waals surface area contributed by atoms with Crippen LogP contribution in [0.1, 0.15) is 48.2 Å². The van der Waals surface area contributed by atoms with E-state index < -0.39 is 10.0 Å². The lowest BCUT2D eigenvalue weighted by Crippen LogP contribution is -2.40. The van der Waals surface area contributed by atoms with Gasteiger partial charge in [0.1, 0.15) is 5.75 Å². The Morgan fingerprint density at radius 3 is 2.79 bits per heavy atom. The summed E-state index contributed by atoms with van der Waals surface area (Å²) in [6, 6.07) is 6.83. The first-order chi connectivity index (χ1) is 13.4. The van der Waals surface area contributed by atoms with Crippen LogP contribution in [0.4, 0.5) is 5.69 Å². The summed E-state index contributed by atoms with van der Waals surface area (Å²) in [7, 11) is -1.67. The zero-order valence-corrected chi connectivity index (χ0v) is 17.0. The van der Waals surface area contributed by atoms with Gasteiger partial charge in [0.15, 0.2) is 0 Å². The Bertz CT molecular complexity index is 908. The van der Waals surface area contributed by atoms with Gasteiger partial charge < -0.3 is 10.1 Å². The lowest BCUT2D eigenvalue weighted by atomic mass is 9.95. The third-order valence-electron chi connectivity index (χ3n) is 4.92. The van der Waals surface area contributed by atoms with Crippen molar-refractivity contribution in [1.82, 2.24) is 14.5 Å². The van der Waals surface area contributed by atoms with Crippen LogP contribution in [0, 0.1) is 0 Å². The Labute approximate surface area is 165 Å². The fourth-order valence-corrected chi connectivity index (χ4v) is 5.05. The fourth-order valence-electron chi connectivity index (χ4n) is 3.46. The van der Waals surface area contributed by atoms with Crippen molar-refractivity contribution >= 4 is 21.6 Å². The number of aromatic amines is 1. The first-order valence-corrected chi connectivity index (χ1v) is 11.0. The lowest BCUT2D eigenvalue weighted by Gasteiger charge is -2.31. The van der Waals surface area contributed by atoms with Gasteiger partial charge in [-0.15, -0.1) is 0 Å². The van der Waals surface area contributed by atoms with Crippen LogP contribution < -0.4 is 10.1 Å². The minimum absolute atomic E-state index is 0.0333. The molecule has 3 rings (SSSR count). The standard InChI is InChI=1S/C19H26N4O4S/c1-3-11-28(25,26)23-10-4-5-15(13-23)18-17(12-20-22-18)21-19(24)14-6-8-16(27-2)9-7-14/h6-9,12,15H,3-5,10-11,13H2,1-2H3,(H,20,22)(H,21,24). The third kappa shape index (κ3) is 4.53. The number of H-pyrrole nitrogens is 1. The van der Waals surface area contributed by atoms with Crippen molar-refractivity contribution < 1.29 is 17.9 Å². The number of nitrogens with one attached hydrogen (secondary N) is 2. The number of aromatic nitrogens is 2. The van der Waals surface area contributed by atoms with Crippen LogP contribution in [0.25, 0.3) is 0 Å². The average Bonchev–Trinajstić information content (AvgIpc) is 3.16. The van der Waals surface area contributed by atoms with E-state index in [0.29, 0.717) is 36.5 Å². The molecule has 1 fully saturated rings. The molecule has 1 amide bonds. The number of hydrogen-bond donors (Lipinski definition) is 2. The minimum atomic E-state index is -3.24. The minimum Gasteiger partial charge on any atom is -0.497 e. The first-order valence-electron chi connectivity index (χ1n) is 9.41. The largest absolute Gasteiger partial charge is 0.497 e. The van der Waals surface area contributed by atoms with E-state index in [9.17, 15) is 13.2 Å². The van der Waals surface area contributed by atoms with Gasteiger partial charge in [0.25, 0.3) is 5.91 Å². The van der Waals surface area contributed by atoms with Gasteiger partial charge in [0, 0.05) is 24.6 Å². The number of carbonyl (C=O) groups excluding carboxylic acids is 1. The molecule has 152 valence electrons. The number of rotatable bonds is 7. The van der Waals surface area contributed by atoms with E-state index in [4.69, 9.17) is 4.74 Å². The van der Waals surface area contributed by atoms with Crippen LogP contribution in [0.3, 0.4) is 0 Å². The number of anilines is 1. The molecule has 1 aromatic carbocycles. The summed E-state index contributed by atoms with van der Waals surface area (Å²) in [5.41, 5.74) is 1.85. The van der Waals surface area contributed by atoms with Gasteiger partial charge in [-0.1, -0.05) is 6.92 Å². The molecule has 0 radical (unpaired) electrons. The van der Waals surface area contributed by atoms with Crippen molar-refractivity contribution in [2.45, 2.75) is 32.1 Å². The normalized spacial score (nSPS) is 18.0. The van der Waals surface area contributed by atoms with E-state index >= 15 is 0 Å². The molecule has 0 bridgehead atoms. The summed E-state index contributed by atoms with van der Waals surface area (Å²) in [4.78, 5) is 12.6. The van der Waals surface area contributed by atoms with Crippen molar-refractivity contribution in [2.75, 3.05) is 31.3 Å². The molecule has 28 heavy (non-hydrogen) atoms. The number of piperidine rings is 1. The van der Waals surface area contributed by atoms with E-state index in [1.807, 2.05) is 6.92 Å². The summed E-state index contributed by atoms with van der Waals surface area (Å²) in [6.45, 7) is 2.80. The third-order valence-corrected chi connectivity index (χ3v) is 6.96. The summed E-state index contributed by atoms with van der Waals surface area (Å²) in [6.07, 6.45) is 3.78. The molecular weight excluding hydrogens is 380 g/mol. The Morgan fingerprint density at radius 2 is 2.11 bits per heavy atom. The second-order valence-corrected chi connectivity index (χ2v) is 8.98. The maximum atomic E-state index is 12.6. The molecule has 1 aliphatic heterocycles. The summed E-state index contributed by atoms with van der Waals surface area (Å²) in [5, 5.41) is 9.89. The first kappa shape index (κ1) is 20.3. The molecule has 1 saturated heterocycles. The van der Waals surface area contributed by atoms with Gasteiger partial charge >= 0.3 is 0 Å². The number of sulfonamides is 1. The molecule has 1 aromatic heterocycles. The molecule has 0 aliphatic carbocycles. The highest BCUT2D eigenvalue weighted by Crippen LogP contribution is 2.31. The summed E-state index contributed by atoms with van der Waals surface area (Å²) < 4.78 is 31.5. The maximum Gasteiger partial charge on any atom is 0.255 e. The van der Waals surface area contributed by atoms with Crippen molar-refractivity contribution in [1.29, 1.82) is 0 Å². The Kier molecular flexibility index (Phi) is 6.35. The number of hydrogen-bond acceptors (Lipinski definition) is 5. The average molecular weight is 407 g/mol. The molecule has 2 aromatic rings. The predicted molar refractivity (Wildman–Crippen MR) is 107 cm³/mol. The molecule has 2 heterocycles. The van der Waals surface area contributed by atoms with E-state index in [2.05, 4.69) is 15.5 Å². The molecule has 0 spiro atoms. The Morgan fingerprint density at radius 1 is 1.36 bits per heavy atom. The van der Waals surface area contributed by atoms with Crippen molar-refractivity contribution in [3.8, 4) is 5.75 Å². The van der Waals surface area contributed by atoms with Crippen LogP contribution in [-0.4, -0.2) is 54.8 Å². The topological polar surface area (TPSA) is 104 Å². The molecule has 1 atom stereocenters. The van der Waals surface area contributed by atoms with Gasteiger partial charge in [-0.05, 0) is 43.5 Å². The molecule has 1 aliphatic rings. The second-order valence-electron chi connectivity index (χ2n) is 6.89. The predicted octanol–water partition coefficient (Wildman–Crippen LogP) is 2.59. The van der Waals surface area contributed by atoms with Gasteiger partial charge in [-0.25, -0.2) is 12.7 Å². The zero-order valence-electron chi connectivity index (χ0n) is 16.1. The molecule has 1 unspecified atom stereocenters. The number of nitrogens with zero attached hydrogens (tertiary/aromatic N) is 2. The Balaban J connectivity index is 1.73. The number of carbonyl (C=O) groups is 1. The second kappa shape index (κ2) is 8.74. The monoisotopic (exact) mass is 406 g/mol. The van der Waals surface area contributed by atoms with Gasteiger partial charge in [-0.2, -0.15) is 5.10 Å². The molecule has 2 N–H and O–H groups in total. The summed E-state index contributed by atoms with van der Waals surface area (Å²) >= 11 is 0. The lowest BCUT2D eigenvalue weighted by molar-refractivity contribution is 0.102. The van der Waals surface area contributed by atoms with E-state index in [-0.39, 0.29) is 17.6 Å². The smallest absolute Gasteiger partial charge is 0.255 e. The van der Waals surface area contributed by atoms with Crippen LogP contribution >= 0.6 is 0 Å². The van der Waals surface area contributed by atoms with Crippen molar-refractivity contribution in [3.63, 3.8) is 0 Å². The highest BCUT2D eigenvalue weighted by atomic mass is 32.2. The van der Waals surface area contributed by atoms with Crippen LogP contribution in [0.2, 0.25) is 0 Å². The molecule has 0 saturated carbocycles. The number of amides is 1. The maximum absolute atomic E-state index is 12.6. The van der Waals surface area contributed by atoms with E-state index in [0.717, 1.165) is 18.5 Å². The van der Waals surface area contributed by atoms with Crippen molar-refractivity contribution in [3.05, 3.63) is 41.7 Å².